The van der Waals surface area contributed by atoms with Crippen molar-refractivity contribution in [2.75, 3.05) is 0 Å². The van der Waals surface area contributed by atoms with E-state index in [4.69, 9.17) is 17.3 Å². The summed E-state index contributed by atoms with van der Waals surface area (Å²) in [6.07, 6.45) is 3.73. The first-order chi connectivity index (χ1) is 6.68. The Bertz CT molecular complexity index is 336. The molecule has 0 radical (unpaired) electrons. The molecule has 14 heavy (non-hydrogen) atoms. The van der Waals surface area contributed by atoms with Crippen molar-refractivity contribution in [2.24, 2.45) is 11.7 Å². The van der Waals surface area contributed by atoms with Crippen LogP contribution in [0.4, 0.5) is 0 Å². The van der Waals surface area contributed by atoms with Crippen molar-refractivity contribution in [2.45, 2.75) is 25.3 Å². The Balaban J connectivity index is 2.16. The van der Waals surface area contributed by atoms with Gasteiger partial charge in [-0.3, -0.25) is 0 Å². The van der Waals surface area contributed by atoms with Gasteiger partial charge < -0.3 is 5.73 Å². The molecule has 0 aliphatic heterocycles. The van der Waals surface area contributed by atoms with Crippen LogP contribution in [0.2, 0.25) is 5.02 Å². The molecule has 0 bridgehead atoms. The summed E-state index contributed by atoms with van der Waals surface area (Å²) in [5.74, 6) is 0.833. The van der Waals surface area contributed by atoms with Crippen molar-refractivity contribution in [1.82, 2.24) is 0 Å². The van der Waals surface area contributed by atoms with Gasteiger partial charge in [-0.2, -0.15) is 0 Å². The van der Waals surface area contributed by atoms with Crippen molar-refractivity contribution in [3.63, 3.8) is 0 Å². The summed E-state index contributed by atoms with van der Waals surface area (Å²) in [5, 5.41) is 0.764. The lowest BCUT2D eigenvalue weighted by molar-refractivity contribution is 0.597. The summed E-state index contributed by atoms with van der Waals surface area (Å²) in [6, 6.07) is 6.03. The Hall–Kier alpha value is -0.0500. The maximum absolute atomic E-state index is 6.17. The minimum Gasteiger partial charge on any atom is -0.324 e. The summed E-state index contributed by atoms with van der Waals surface area (Å²) in [5.41, 5.74) is 7.16. The molecule has 1 saturated carbocycles. The number of rotatable bonds is 3. The monoisotopic (exact) mass is 273 g/mol. The molecule has 0 heterocycles. The van der Waals surface area contributed by atoms with Crippen molar-refractivity contribution in [3.05, 3.63) is 33.3 Å². The van der Waals surface area contributed by atoms with E-state index in [1.807, 2.05) is 18.2 Å². The third-order valence-electron chi connectivity index (χ3n) is 2.67. The van der Waals surface area contributed by atoms with Gasteiger partial charge in [0, 0.05) is 10.5 Å². The predicted octanol–water partition coefficient (Wildman–Crippen LogP) is 3.90. The molecule has 0 spiro atoms. The molecule has 1 atom stereocenters. The predicted molar refractivity (Wildman–Crippen MR) is 63.4 cm³/mol. The molecular formula is C11H13BrClN. The number of hydrogen-bond acceptors (Lipinski definition) is 1. The van der Waals surface area contributed by atoms with Gasteiger partial charge in [0.2, 0.25) is 0 Å². The largest absolute Gasteiger partial charge is 0.324 e. The fourth-order valence-corrected chi connectivity index (χ4v) is 2.29. The molecule has 2 N–H and O–H groups in total. The average Bonchev–Trinajstić information content (AvgIpc) is 2.93. The molecule has 1 nitrogen and oxygen atoms in total. The fraction of sp³-hybridized carbons (Fsp3) is 0.455. The molecule has 3 heteroatoms. The second kappa shape index (κ2) is 4.21. The third-order valence-corrected chi connectivity index (χ3v) is 3.98. The average molecular weight is 275 g/mol. The van der Waals surface area contributed by atoms with Gasteiger partial charge in [0.15, 0.2) is 0 Å². The summed E-state index contributed by atoms with van der Waals surface area (Å²) >= 11 is 9.57. The second-order valence-electron chi connectivity index (χ2n) is 3.93. The van der Waals surface area contributed by atoms with Crippen LogP contribution in [0.1, 0.15) is 30.9 Å². The minimum atomic E-state index is 0.0903. The van der Waals surface area contributed by atoms with E-state index in [1.165, 1.54) is 12.8 Å². The molecule has 0 unspecified atom stereocenters. The molecule has 1 aromatic rings. The molecule has 0 aromatic heterocycles. The van der Waals surface area contributed by atoms with Crippen LogP contribution in [-0.2, 0) is 0 Å². The van der Waals surface area contributed by atoms with Gasteiger partial charge in [-0.15, -0.1) is 0 Å². The van der Waals surface area contributed by atoms with E-state index in [-0.39, 0.29) is 6.04 Å². The SMILES string of the molecule is N[C@@H](CC1CC1)c1cccc(Br)c1Cl. The van der Waals surface area contributed by atoms with Crippen LogP contribution in [0.15, 0.2) is 22.7 Å². The van der Waals surface area contributed by atoms with E-state index < -0.39 is 0 Å². The molecule has 2 rings (SSSR count). The molecule has 0 amide bonds. The van der Waals surface area contributed by atoms with Crippen LogP contribution in [-0.4, -0.2) is 0 Å². The quantitative estimate of drug-likeness (QED) is 0.889. The van der Waals surface area contributed by atoms with E-state index in [0.29, 0.717) is 0 Å². The lowest BCUT2D eigenvalue weighted by Gasteiger charge is -2.13. The number of benzene rings is 1. The molecule has 1 fully saturated rings. The summed E-state index contributed by atoms with van der Waals surface area (Å²) in [6.45, 7) is 0. The van der Waals surface area contributed by atoms with Crippen molar-refractivity contribution in [3.8, 4) is 0 Å². The Morgan fingerprint density at radius 3 is 2.86 bits per heavy atom. The number of nitrogens with two attached hydrogens (primary N) is 1. The lowest BCUT2D eigenvalue weighted by Crippen LogP contribution is -2.11. The lowest BCUT2D eigenvalue weighted by atomic mass is 10.0. The Morgan fingerprint density at radius 1 is 1.50 bits per heavy atom. The van der Waals surface area contributed by atoms with E-state index in [0.717, 1.165) is 27.4 Å². The molecule has 0 saturated heterocycles. The highest BCUT2D eigenvalue weighted by Gasteiger charge is 2.25. The van der Waals surface area contributed by atoms with Gasteiger partial charge in [-0.1, -0.05) is 36.6 Å². The Kier molecular flexibility index (Phi) is 3.15. The van der Waals surface area contributed by atoms with Crippen LogP contribution in [0.25, 0.3) is 0 Å². The Morgan fingerprint density at radius 2 is 2.21 bits per heavy atom. The fourth-order valence-electron chi connectivity index (χ4n) is 1.65. The topological polar surface area (TPSA) is 26.0 Å². The van der Waals surface area contributed by atoms with Crippen molar-refractivity contribution in [1.29, 1.82) is 0 Å². The molecule has 76 valence electrons. The zero-order valence-electron chi connectivity index (χ0n) is 7.84. The first kappa shape index (κ1) is 10.5. The van der Waals surface area contributed by atoms with Gasteiger partial charge in [0.05, 0.1) is 5.02 Å². The smallest absolute Gasteiger partial charge is 0.0595 e. The molecule has 1 aromatic carbocycles. The van der Waals surface area contributed by atoms with E-state index in [2.05, 4.69) is 15.9 Å². The Labute approximate surface area is 97.8 Å². The van der Waals surface area contributed by atoms with Crippen molar-refractivity contribution >= 4 is 27.5 Å². The first-order valence-electron chi connectivity index (χ1n) is 4.88. The second-order valence-corrected chi connectivity index (χ2v) is 5.16. The molecular weight excluding hydrogens is 261 g/mol. The van der Waals surface area contributed by atoms with Crippen LogP contribution >= 0.6 is 27.5 Å². The van der Waals surface area contributed by atoms with Crippen LogP contribution in [0, 0.1) is 5.92 Å². The van der Waals surface area contributed by atoms with Gasteiger partial charge in [0.1, 0.15) is 0 Å². The summed E-state index contributed by atoms with van der Waals surface area (Å²) < 4.78 is 0.933. The van der Waals surface area contributed by atoms with Gasteiger partial charge in [-0.25, -0.2) is 0 Å². The highest BCUT2D eigenvalue weighted by Crippen LogP contribution is 2.39. The zero-order valence-corrected chi connectivity index (χ0v) is 10.2. The van der Waals surface area contributed by atoms with Crippen LogP contribution < -0.4 is 5.73 Å². The summed E-state index contributed by atoms with van der Waals surface area (Å²) in [7, 11) is 0. The van der Waals surface area contributed by atoms with Gasteiger partial charge in [-0.05, 0) is 39.9 Å². The third kappa shape index (κ3) is 2.30. The van der Waals surface area contributed by atoms with Crippen LogP contribution in [0.5, 0.6) is 0 Å². The van der Waals surface area contributed by atoms with Crippen molar-refractivity contribution < 1.29 is 0 Å². The summed E-state index contributed by atoms with van der Waals surface area (Å²) in [4.78, 5) is 0. The van der Waals surface area contributed by atoms with E-state index in [1.54, 1.807) is 0 Å². The van der Waals surface area contributed by atoms with E-state index >= 15 is 0 Å². The number of hydrogen-bond donors (Lipinski definition) is 1. The van der Waals surface area contributed by atoms with Crippen LogP contribution in [0.3, 0.4) is 0 Å². The highest BCUT2D eigenvalue weighted by atomic mass is 79.9. The minimum absolute atomic E-state index is 0.0903. The van der Waals surface area contributed by atoms with E-state index in [9.17, 15) is 0 Å². The normalized spacial score (nSPS) is 18.2. The highest BCUT2D eigenvalue weighted by molar-refractivity contribution is 9.10. The van der Waals surface area contributed by atoms with Gasteiger partial charge >= 0.3 is 0 Å². The maximum Gasteiger partial charge on any atom is 0.0595 e. The molecule has 1 aliphatic rings. The number of halogens is 2. The molecule has 1 aliphatic carbocycles. The standard InChI is InChI=1S/C11H13BrClN/c12-9-3-1-2-8(11(9)13)10(14)6-7-4-5-7/h1-3,7,10H,4-6,14H2/t10-/m0/s1. The maximum atomic E-state index is 6.17. The van der Waals surface area contributed by atoms with Gasteiger partial charge in [0.25, 0.3) is 0 Å². The zero-order chi connectivity index (χ0) is 10.1. The first-order valence-corrected chi connectivity index (χ1v) is 6.05.